The number of fused-ring (bicyclic) bond motifs is 7. The average molecular weight is 442 g/mol. The zero-order chi connectivity index (χ0) is 22.7. The third-order valence-electron chi connectivity index (χ3n) is 6.98. The summed E-state index contributed by atoms with van der Waals surface area (Å²) in [5, 5.41) is 13.3. The van der Waals surface area contributed by atoms with Gasteiger partial charge in [0.2, 0.25) is 0 Å². The van der Waals surface area contributed by atoms with Gasteiger partial charge in [-0.15, -0.1) is 0 Å². The number of aromatic nitrogens is 1. The van der Waals surface area contributed by atoms with Crippen LogP contribution in [0.25, 0.3) is 10.9 Å². The fourth-order valence-electron chi connectivity index (χ4n) is 5.54. The zero-order valence-corrected chi connectivity index (χ0v) is 17.5. The van der Waals surface area contributed by atoms with Crippen molar-refractivity contribution in [3.8, 4) is 5.75 Å². The highest BCUT2D eigenvalue weighted by Crippen LogP contribution is 2.54. The van der Waals surface area contributed by atoms with E-state index in [9.17, 15) is 19.3 Å². The number of hydrogen-bond acceptors (Lipinski definition) is 4. The highest BCUT2D eigenvalue weighted by Gasteiger charge is 2.65. The number of rotatable bonds is 3. The average Bonchev–Trinajstić information content (AvgIpc) is 3.13. The van der Waals surface area contributed by atoms with Crippen LogP contribution < -0.4 is 4.74 Å². The first kappa shape index (κ1) is 19.7. The van der Waals surface area contributed by atoms with Crippen LogP contribution in [-0.2, 0) is 17.8 Å². The third kappa shape index (κ3) is 2.68. The fourth-order valence-corrected chi connectivity index (χ4v) is 5.54. The SMILES string of the molecule is O=C1Oc2ccc(F)cc2[C@H]2c3c(n(Cc4ccccc4)c4ccccc34)CC[C@@]12[N+](=O)[O-]. The molecule has 1 aromatic heterocycles. The topological polar surface area (TPSA) is 74.4 Å². The molecule has 0 fully saturated rings. The van der Waals surface area contributed by atoms with Crippen LogP contribution in [0.2, 0.25) is 0 Å². The first-order chi connectivity index (χ1) is 16.0. The number of para-hydroxylation sites is 1. The Morgan fingerprint density at radius 1 is 1.09 bits per heavy atom. The second-order valence-corrected chi connectivity index (χ2v) is 8.64. The van der Waals surface area contributed by atoms with Crippen LogP contribution in [0.15, 0.2) is 72.8 Å². The van der Waals surface area contributed by atoms with Crippen LogP contribution in [0.1, 0.15) is 34.7 Å². The molecule has 7 heteroatoms. The number of benzene rings is 3. The van der Waals surface area contributed by atoms with Gasteiger partial charge in [-0.05, 0) is 41.8 Å². The van der Waals surface area contributed by atoms with Gasteiger partial charge in [0.25, 0.3) is 0 Å². The van der Waals surface area contributed by atoms with Gasteiger partial charge in [0.1, 0.15) is 11.6 Å². The number of nitrogens with zero attached hydrogens (tertiary/aromatic N) is 2. The Hall–Kier alpha value is -4.00. The normalized spacial score (nSPS) is 21.1. The summed E-state index contributed by atoms with van der Waals surface area (Å²) in [6.45, 7) is 0.593. The number of carbonyl (C=O) groups is 1. The Bertz CT molecular complexity index is 1450. The van der Waals surface area contributed by atoms with Crippen LogP contribution in [0.4, 0.5) is 4.39 Å². The lowest BCUT2D eigenvalue weighted by molar-refractivity contribution is -0.560. The molecule has 1 aliphatic carbocycles. The second kappa shape index (κ2) is 7.00. The Balaban J connectivity index is 1.67. The summed E-state index contributed by atoms with van der Waals surface area (Å²) in [4.78, 5) is 25.1. The first-order valence-corrected chi connectivity index (χ1v) is 10.8. The minimum Gasteiger partial charge on any atom is -0.421 e. The van der Waals surface area contributed by atoms with E-state index in [-0.39, 0.29) is 12.2 Å². The maximum atomic E-state index is 14.3. The van der Waals surface area contributed by atoms with Crippen molar-refractivity contribution in [3.63, 3.8) is 0 Å². The number of halogens is 1. The minimum absolute atomic E-state index is 0.0163. The van der Waals surface area contributed by atoms with E-state index in [1.807, 2.05) is 54.6 Å². The highest BCUT2D eigenvalue weighted by molar-refractivity contribution is 5.93. The quantitative estimate of drug-likeness (QED) is 0.197. The predicted molar refractivity (Wildman–Crippen MR) is 119 cm³/mol. The molecule has 2 aliphatic rings. The maximum Gasteiger partial charge on any atom is 0.391 e. The van der Waals surface area contributed by atoms with E-state index >= 15 is 0 Å². The molecule has 4 aromatic rings. The molecule has 0 amide bonds. The lowest BCUT2D eigenvalue weighted by Gasteiger charge is -2.39. The van der Waals surface area contributed by atoms with Crippen molar-refractivity contribution in [2.24, 2.45) is 0 Å². The first-order valence-electron chi connectivity index (χ1n) is 10.8. The largest absolute Gasteiger partial charge is 0.421 e. The van der Waals surface area contributed by atoms with Gasteiger partial charge in [0.15, 0.2) is 0 Å². The Morgan fingerprint density at radius 2 is 1.85 bits per heavy atom. The molecule has 1 aliphatic heterocycles. The van der Waals surface area contributed by atoms with Gasteiger partial charge >= 0.3 is 11.5 Å². The summed E-state index contributed by atoms with van der Waals surface area (Å²) in [5.74, 6) is -2.17. The molecular weight excluding hydrogens is 423 g/mol. The number of esters is 1. The molecule has 0 unspecified atom stereocenters. The molecule has 0 saturated heterocycles. The van der Waals surface area contributed by atoms with E-state index in [0.717, 1.165) is 22.2 Å². The molecule has 0 N–H and O–H groups in total. The van der Waals surface area contributed by atoms with Crippen LogP contribution in [0.3, 0.4) is 0 Å². The molecule has 2 heterocycles. The molecule has 2 atom stereocenters. The molecule has 6 nitrogen and oxygen atoms in total. The highest BCUT2D eigenvalue weighted by atomic mass is 19.1. The van der Waals surface area contributed by atoms with Crippen molar-refractivity contribution in [1.29, 1.82) is 0 Å². The van der Waals surface area contributed by atoms with Gasteiger partial charge in [-0.2, -0.15) is 0 Å². The van der Waals surface area contributed by atoms with E-state index in [2.05, 4.69) is 4.57 Å². The van der Waals surface area contributed by atoms with Crippen LogP contribution in [0.5, 0.6) is 5.75 Å². The summed E-state index contributed by atoms with van der Waals surface area (Å²) in [5.41, 5.74) is 2.04. The molecular formula is C26H19FN2O4. The smallest absolute Gasteiger partial charge is 0.391 e. The lowest BCUT2D eigenvalue weighted by Crippen LogP contribution is -2.58. The van der Waals surface area contributed by atoms with E-state index < -0.39 is 28.2 Å². The zero-order valence-electron chi connectivity index (χ0n) is 17.5. The third-order valence-corrected chi connectivity index (χ3v) is 6.98. The van der Waals surface area contributed by atoms with Gasteiger partial charge in [0, 0.05) is 40.0 Å². The summed E-state index contributed by atoms with van der Waals surface area (Å²) >= 11 is 0. The van der Waals surface area contributed by atoms with Gasteiger partial charge in [-0.3, -0.25) is 10.1 Å². The van der Waals surface area contributed by atoms with Crippen molar-refractivity contribution >= 4 is 16.9 Å². The summed E-state index contributed by atoms with van der Waals surface area (Å²) in [6.07, 6.45) is 0.325. The van der Waals surface area contributed by atoms with Crippen molar-refractivity contribution in [3.05, 3.63) is 111 Å². The number of hydrogen-bond donors (Lipinski definition) is 0. The Morgan fingerprint density at radius 3 is 2.64 bits per heavy atom. The van der Waals surface area contributed by atoms with E-state index in [1.54, 1.807) is 0 Å². The van der Waals surface area contributed by atoms with E-state index in [1.165, 1.54) is 18.2 Å². The molecule has 164 valence electrons. The standard InChI is InChI=1S/C26H19FN2O4/c27-17-10-11-22-19(14-17)24-23-18-8-4-5-9-20(18)28(15-16-6-2-1-3-7-16)21(23)12-13-26(24,29(31)32)25(30)33-22/h1-11,14,24H,12-13,15H2/t24-,26-/m0/s1. The van der Waals surface area contributed by atoms with Gasteiger partial charge < -0.3 is 9.30 Å². The van der Waals surface area contributed by atoms with Crippen LogP contribution in [0, 0.1) is 15.9 Å². The van der Waals surface area contributed by atoms with Crippen molar-refractivity contribution in [2.45, 2.75) is 30.8 Å². The van der Waals surface area contributed by atoms with Crippen LogP contribution in [-0.4, -0.2) is 21.0 Å². The molecule has 0 spiro atoms. The van der Waals surface area contributed by atoms with Gasteiger partial charge in [-0.25, -0.2) is 9.18 Å². The minimum atomic E-state index is -1.99. The van der Waals surface area contributed by atoms with Crippen LogP contribution >= 0.6 is 0 Å². The molecule has 6 rings (SSSR count). The number of ether oxygens (including phenoxy) is 1. The van der Waals surface area contributed by atoms with E-state index in [0.29, 0.717) is 24.1 Å². The molecule has 0 radical (unpaired) electrons. The van der Waals surface area contributed by atoms with Crippen molar-refractivity contribution in [2.75, 3.05) is 0 Å². The lowest BCUT2D eigenvalue weighted by atomic mass is 9.66. The second-order valence-electron chi connectivity index (χ2n) is 8.64. The van der Waals surface area contributed by atoms with Gasteiger partial charge in [-0.1, -0.05) is 48.5 Å². The van der Waals surface area contributed by atoms with E-state index in [4.69, 9.17) is 4.74 Å². The summed E-state index contributed by atoms with van der Waals surface area (Å²) in [7, 11) is 0. The monoisotopic (exact) mass is 442 g/mol. The van der Waals surface area contributed by atoms with Gasteiger partial charge in [0.05, 0.1) is 5.92 Å². The van der Waals surface area contributed by atoms with Crippen molar-refractivity contribution in [1.82, 2.24) is 4.57 Å². The number of carbonyl (C=O) groups excluding carboxylic acids is 1. The summed E-state index contributed by atoms with van der Waals surface area (Å²) in [6, 6.07) is 21.5. The predicted octanol–water partition coefficient (Wildman–Crippen LogP) is 4.84. The Kier molecular flexibility index (Phi) is 4.17. The number of nitro groups is 1. The summed E-state index contributed by atoms with van der Waals surface area (Å²) < 4.78 is 21.9. The molecule has 0 saturated carbocycles. The molecule has 3 aromatic carbocycles. The Labute approximate surface area is 188 Å². The fraction of sp³-hybridized carbons (Fsp3) is 0.192. The molecule has 0 bridgehead atoms. The molecule has 33 heavy (non-hydrogen) atoms. The van der Waals surface area contributed by atoms with Crippen molar-refractivity contribution < 1.29 is 18.8 Å². The maximum absolute atomic E-state index is 14.3.